The van der Waals surface area contributed by atoms with Crippen LogP contribution in [0.3, 0.4) is 0 Å². The van der Waals surface area contributed by atoms with Crippen LogP contribution in [0.1, 0.15) is 226 Å². The Morgan fingerprint density at radius 3 is 1.33 bits per heavy atom. The van der Waals surface area contributed by atoms with Gasteiger partial charge in [-0.3, -0.25) is 14.2 Å². The Labute approximate surface area is 449 Å². The number of hydrogen-bond acceptors (Lipinski definition) is 7. The molecule has 0 aliphatic heterocycles. The lowest BCUT2D eigenvalue weighted by Gasteiger charge is -2.30. The zero-order valence-electron chi connectivity index (χ0n) is 47.5. The van der Waals surface area contributed by atoms with Crippen LogP contribution in [0.4, 0.5) is 0 Å². The summed E-state index contributed by atoms with van der Waals surface area (Å²) >= 11 is 0. The summed E-state index contributed by atoms with van der Waals surface area (Å²) in [5.74, 6) is -0.602. The molecular formula is C63H109N2O7P. The Kier molecular flexibility index (Phi) is 49.7. The molecule has 9 nitrogen and oxygen atoms in total. The molecule has 0 aliphatic rings. The van der Waals surface area contributed by atoms with Crippen LogP contribution in [-0.4, -0.2) is 69.4 Å². The third-order valence-corrected chi connectivity index (χ3v) is 13.2. The SMILES string of the molecule is CC/C=C\C/C=C\C/C=C\C/C=C\C/C=C\CCCCCC(=O)OC(/C=C/CCCCCCCCCCCC)C(COP(=O)([O-])OCC[N+](C)(C)C)NC(=O)CCCCCCCC/C=C/C/C=C/C/C=C/CC. The minimum atomic E-state index is -4.71. The van der Waals surface area contributed by atoms with Gasteiger partial charge in [-0.15, -0.1) is 0 Å². The number of esters is 1. The highest BCUT2D eigenvalue weighted by Gasteiger charge is 2.27. The second kappa shape index (κ2) is 52.1. The van der Waals surface area contributed by atoms with E-state index < -0.39 is 26.6 Å². The molecule has 10 heteroatoms. The number of nitrogens with one attached hydrogen (secondary N) is 1. The van der Waals surface area contributed by atoms with E-state index in [9.17, 15) is 19.0 Å². The zero-order chi connectivity index (χ0) is 53.6. The van der Waals surface area contributed by atoms with Crippen LogP contribution in [0.2, 0.25) is 0 Å². The highest BCUT2D eigenvalue weighted by molar-refractivity contribution is 7.45. The third kappa shape index (κ3) is 53.3. The number of nitrogens with zero attached hydrogens (tertiary/aromatic N) is 1. The van der Waals surface area contributed by atoms with Crippen molar-refractivity contribution in [1.82, 2.24) is 5.32 Å². The standard InChI is InChI=1S/C63H109N2O7P/c1-7-10-13-16-19-22-25-28-30-32-33-34-36-38-41-44-47-50-53-56-63(67)72-61(54-51-48-45-42-39-27-24-21-18-15-12-9-3)60(59-71-73(68,69)70-58-57-65(4,5)6)64-62(66)55-52-49-46-43-40-37-35-31-29-26-23-20-17-14-11-8-2/h10-11,13-14,19-20,22-23,28-31,33-34,38,41,51,54,60-61H,7-9,12,15-18,21,24-27,32,35-37,39-40,42-50,52-53,55-59H2,1-6H3,(H-,64,66,68,69)/b13-10-,14-11+,22-19-,23-20+,30-28-,31-29+,34-33-,41-38-,54-51+. The maximum atomic E-state index is 13.5. The average molecular weight is 1040 g/mol. The number of rotatable bonds is 51. The fourth-order valence-corrected chi connectivity index (χ4v) is 8.46. The van der Waals surface area contributed by atoms with Gasteiger partial charge in [0.1, 0.15) is 19.3 Å². The van der Waals surface area contributed by atoms with Crippen molar-refractivity contribution in [3.8, 4) is 0 Å². The van der Waals surface area contributed by atoms with Crippen LogP contribution in [0.5, 0.6) is 0 Å². The average Bonchev–Trinajstić information content (AvgIpc) is 3.35. The minimum absolute atomic E-state index is 0.0364. The second-order valence-electron chi connectivity index (χ2n) is 20.4. The van der Waals surface area contributed by atoms with E-state index in [1.54, 1.807) is 0 Å². The van der Waals surface area contributed by atoms with Gasteiger partial charge in [0.2, 0.25) is 5.91 Å². The van der Waals surface area contributed by atoms with Gasteiger partial charge in [-0.05, 0) is 109 Å². The van der Waals surface area contributed by atoms with Gasteiger partial charge in [-0.1, -0.05) is 214 Å². The molecule has 3 unspecified atom stereocenters. The molecule has 0 aromatic carbocycles. The highest BCUT2D eigenvalue weighted by atomic mass is 31.2. The van der Waals surface area contributed by atoms with E-state index in [0.29, 0.717) is 23.9 Å². The molecule has 73 heavy (non-hydrogen) atoms. The molecule has 0 spiro atoms. The summed E-state index contributed by atoms with van der Waals surface area (Å²) in [6.45, 7) is 6.56. The van der Waals surface area contributed by atoms with Crippen molar-refractivity contribution in [2.45, 2.75) is 238 Å². The Balaban J connectivity index is 5.42. The monoisotopic (exact) mass is 1040 g/mol. The molecule has 418 valence electrons. The van der Waals surface area contributed by atoms with E-state index in [1.807, 2.05) is 33.3 Å². The summed E-state index contributed by atoms with van der Waals surface area (Å²) in [4.78, 5) is 39.9. The van der Waals surface area contributed by atoms with Crippen LogP contribution in [-0.2, 0) is 27.9 Å². The first-order chi connectivity index (χ1) is 35.4. The number of carbonyl (C=O) groups is 2. The zero-order valence-corrected chi connectivity index (χ0v) is 48.4. The van der Waals surface area contributed by atoms with Gasteiger partial charge in [-0.2, -0.15) is 0 Å². The summed E-state index contributed by atoms with van der Waals surface area (Å²) in [5, 5.41) is 3.00. The molecule has 0 aliphatic carbocycles. The number of unbranched alkanes of at least 4 members (excludes halogenated alkanes) is 19. The van der Waals surface area contributed by atoms with Crippen LogP contribution in [0.25, 0.3) is 0 Å². The number of phosphoric acid groups is 1. The number of quaternary nitrogens is 1. The maximum absolute atomic E-state index is 13.5. The lowest BCUT2D eigenvalue weighted by atomic mass is 10.0. The molecule has 1 amide bonds. The second-order valence-corrected chi connectivity index (χ2v) is 21.8. The molecular weight excluding hydrogens is 928 g/mol. The molecule has 0 aromatic rings. The maximum Gasteiger partial charge on any atom is 0.306 e. The summed E-state index contributed by atoms with van der Waals surface area (Å²) in [6.07, 6.45) is 70.5. The smallest absolute Gasteiger partial charge is 0.306 e. The molecule has 1 N–H and O–H groups in total. The first-order valence-electron chi connectivity index (χ1n) is 29.2. The van der Waals surface area contributed by atoms with E-state index in [0.717, 1.165) is 128 Å². The molecule has 0 bridgehead atoms. The first kappa shape index (κ1) is 69.7. The lowest BCUT2D eigenvalue weighted by molar-refractivity contribution is -0.870. The van der Waals surface area contributed by atoms with E-state index in [-0.39, 0.29) is 31.3 Å². The molecule has 0 aromatic heterocycles. The molecule has 0 saturated carbocycles. The molecule has 0 heterocycles. The van der Waals surface area contributed by atoms with Crippen LogP contribution in [0, 0.1) is 0 Å². The number of ether oxygens (including phenoxy) is 1. The molecule has 0 saturated heterocycles. The fraction of sp³-hybridized carbons (Fsp3) is 0.683. The lowest BCUT2D eigenvalue weighted by Crippen LogP contribution is -2.47. The molecule has 0 radical (unpaired) electrons. The van der Waals surface area contributed by atoms with Gasteiger partial charge in [0.25, 0.3) is 7.82 Å². The van der Waals surface area contributed by atoms with E-state index in [2.05, 4.69) is 123 Å². The number of allylic oxidation sites excluding steroid dienone is 17. The summed E-state index contributed by atoms with van der Waals surface area (Å²) in [5.41, 5.74) is 0. The van der Waals surface area contributed by atoms with Crippen molar-refractivity contribution >= 4 is 19.7 Å². The van der Waals surface area contributed by atoms with Gasteiger partial charge in [-0.25, -0.2) is 0 Å². The number of amides is 1. The van der Waals surface area contributed by atoms with Gasteiger partial charge in [0.05, 0.1) is 33.8 Å². The number of hydrogen-bond donors (Lipinski definition) is 1. The van der Waals surface area contributed by atoms with Gasteiger partial charge >= 0.3 is 5.97 Å². The summed E-state index contributed by atoms with van der Waals surface area (Å²) < 4.78 is 30.2. The van der Waals surface area contributed by atoms with Crippen molar-refractivity contribution in [3.05, 3.63) is 109 Å². The predicted molar refractivity (Wildman–Crippen MR) is 311 cm³/mol. The third-order valence-electron chi connectivity index (χ3n) is 12.2. The highest BCUT2D eigenvalue weighted by Crippen LogP contribution is 2.38. The van der Waals surface area contributed by atoms with Crippen molar-refractivity contribution in [2.75, 3.05) is 40.9 Å². The first-order valence-corrected chi connectivity index (χ1v) is 30.7. The summed E-state index contributed by atoms with van der Waals surface area (Å²) in [7, 11) is 1.14. The Morgan fingerprint density at radius 1 is 0.493 bits per heavy atom. The van der Waals surface area contributed by atoms with Crippen LogP contribution in [0.15, 0.2) is 109 Å². The number of phosphoric ester groups is 1. The molecule has 0 rings (SSSR count). The van der Waals surface area contributed by atoms with Crippen molar-refractivity contribution in [2.24, 2.45) is 0 Å². The van der Waals surface area contributed by atoms with Crippen molar-refractivity contribution in [1.29, 1.82) is 0 Å². The van der Waals surface area contributed by atoms with Crippen LogP contribution >= 0.6 is 7.82 Å². The Bertz CT molecular complexity index is 1620. The molecule has 0 fully saturated rings. The van der Waals surface area contributed by atoms with Crippen molar-refractivity contribution in [3.63, 3.8) is 0 Å². The quantitative estimate of drug-likeness (QED) is 0.0212. The van der Waals surface area contributed by atoms with Gasteiger partial charge in [0, 0.05) is 12.8 Å². The van der Waals surface area contributed by atoms with E-state index in [4.69, 9.17) is 13.8 Å². The van der Waals surface area contributed by atoms with E-state index in [1.165, 1.54) is 51.4 Å². The minimum Gasteiger partial charge on any atom is -0.756 e. The van der Waals surface area contributed by atoms with Crippen LogP contribution < -0.4 is 10.2 Å². The normalized spacial score (nSPS) is 14.6. The fourth-order valence-electron chi connectivity index (χ4n) is 7.74. The van der Waals surface area contributed by atoms with E-state index >= 15 is 0 Å². The van der Waals surface area contributed by atoms with Crippen molar-refractivity contribution < 1.29 is 37.3 Å². The predicted octanol–water partition coefficient (Wildman–Crippen LogP) is 17.1. The summed E-state index contributed by atoms with van der Waals surface area (Å²) in [6, 6.07) is -0.915. The number of carbonyl (C=O) groups excluding carboxylic acids is 2. The number of likely N-dealkylation sites (N-methyl/N-ethyl adjacent to an activating group) is 1. The Hall–Kier alpha value is -3.33. The van der Waals surface area contributed by atoms with Gasteiger partial charge < -0.3 is 28.5 Å². The largest absolute Gasteiger partial charge is 0.756 e. The van der Waals surface area contributed by atoms with Gasteiger partial charge in [0.15, 0.2) is 0 Å². The molecule has 3 atom stereocenters. The Morgan fingerprint density at radius 2 is 0.877 bits per heavy atom. The topological polar surface area (TPSA) is 114 Å².